The van der Waals surface area contributed by atoms with Gasteiger partial charge in [-0.3, -0.25) is 9.59 Å². The van der Waals surface area contributed by atoms with E-state index in [0.717, 1.165) is 19.3 Å². The maximum absolute atomic E-state index is 11.8. The van der Waals surface area contributed by atoms with Crippen molar-refractivity contribution in [3.8, 4) is 0 Å². The van der Waals surface area contributed by atoms with Crippen LogP contribution >= 0.6 is 0 Å². The van der Waals surface area contributed by atoms with Crippen LogP contribution in [0.2, 0.25) is 0 Å². The molecule has 1 fully saturated rings. The molecular formula is C14H24N2O4. The third-order valence-electron chi connectivity index (χ3n) is 3.64. The van der Waals surface area contributed by atoms with Crippen molar-refractivity contribution in [2.75, 3.05) is 6.54 Å². The zero-order valence-electron chi connectivity index (χ0n) is 12.2. The molecule has 0 saturated heterocycles. The topological polar surface area (TPSA) is 95.5 Å². The number of aliphatic carboxylic acids is 1. The number of carboxylic acid groups (broad SMARTS) is 1. The van der Waals surface area contributed by atoms with E-state index < -0.39 is 17.4 Å². The quantitative estimate of drug-likeness (QED) is 0.651. The Kier molecular flexibility index (Phi) is 5.98. The summed E-state index contributed by atoms with van der Waals surface area (Å²) in [7, 11) is 0. The number of carbonyl (C=O) groups is 3. The first-order valence-corrected chi connectivity index (χ1v) is 7.17. The van der Waals surface area contributed by atoms with Gasteiger partial charge in [-0.15, -0.1) is 0 Å². The molecule has 0 aromatic heterocycles. The lowest BCUT2D eigenvalue weighted by Gasteiger charge is -2.25. The number of amides is 2. The average molecular weight is 284 g/mol. The summed E-state index contributed by atoms with van der Waals surface area (Å²) in [5.41, 5.74) is -1.14. The molecule has 0 atom stereocenters. The lowest BCUT2D eigenvalue weighted by Crippen LogP contribution is -2.54. The molecule has 0 aliphatic heterocycles. The van der Waals surface area contributed by atoms with Crippen LogP contribution in [-0.4, -0.2) is 35.0 Å². The standard InChI is InChI=1S/C14H24N2O4/c1-10(2)5-6-11(17)15-9-12(18)16-14(13(19)20)7-3-4-8-14/h10H,3-9H2,1-2H3,(H,15,17)(H,16,18)(H,19,20). The molecule has 0 spiro atoms. The van der Waals surface area contributed by atoms with Crippen molar-refractivity contribution in [3.05, 3.63) is 0 Å². The second-order valence-electron chi connectivity index (χ2n) is 5.85. The van der Waals surface area contributed by atoms with E-state index in [0.29, 0.717) is 25.2 Å². The lowest BCUT2D eigenvalue weighted by molar-refractivity contribution is -0.147. The minimum absolute atomic E-state index is 0.161. The summed E-state index contributed by atoms with van der Waals surface area (Å²) in [6.07, 6.45) is 3.66. The van der Waals surface area contributed by atoms with Gasteiger partial charge in [0.1, 0.15) is 5.54 Å². The van der Waals surface area contributed by atoms with Gasteiger partial charge in [0.25, 0.3) is 0 Å². The molecule has 0 aromatic carbocycles. The van der Waals surface area contributed by atoms with Crippen LogP contribution in [0.1, 0.15) is 52.4 Å². The van der Waals surface area contributed by atoms with Crippen molar-refractivity contribution >= 4 is 17.8 Å². The minimum Gasteiger partial charge on any atom is -0.480 e. The molecule has 114 valence electrons. The molecule has 0 bridgehead atoms. The molecule has 1 saturated carbocycles. The third-order valence-corrected chi connectivity index (χ3v) is 3.64. The highest BCUT2D eigenvalue weighted by atomic mass is 16.4. The van der Waals surface area contributed by atoms with Gasteiger partial charge in [0.15, 0.2) is 0 Å². The molecule has 0 radical (unpaired) electrons. The highest BCUT2D eigenvalue weighted by Gasteiger charge is 2.42. The molecule has 1 rings (SSSR count). The molecule has 3 N–H and O–H groups in total. The Morgan fingerprint density at radius 2 is 1.75 bits per heavy atom. The number of carbonyl (C=O) groups excluding carboxylic acids is 2. The number of carboxylic acids is 1. The Morgan fingerprint density at radius 1 is 1.15 bits per heavy atom. The van der Waals surface area contributed by atoms with Crippen LogP contribution < -0.4 is 10.6 Å². The zero-order chi connectivity index (χ0) is 15.2. The van der Waals surface area contributed by atoms with Crippen LogP contribution in [0.15, 0.2) is 0 Å². The SMILES string of the molecule is CC(C)CCC(=O)NCC(=O)NC1(C(=O)O)CCCC1. The van der Waals surface area contributed by atoms with Gasteiger partial charge in [0.2, 0.25) is 11.8 Å². The number of hydrogen-bond acceptors (Lipinski definition) is 3. The van der Waals surface area contributed by atoms with Crippen molar-refractivity contribution in [1.82, 2.24) is 10.6 Å². The van der Waals surface area contributed by atoms with Gasteiger partial charge in [-0.1, -0.05) is 26.7 Å². The van der Waals surface area contributed by atoms with E-state index in [1.54, 1.807) is 0 Å². The van der Waals surface area contributed by atoms with Crippen molar-refractivity contribution in [1.29, 1.82) is 0 Å². The summed E-state index contributed by atoms with van der Waals surface area (Å²) < 4.78 is 0. The Labute approximate surface area is 119 Å². The number of nitrogens with one attached hydrogen (secondary N) is 2. The molecule has 20 heavy (non-hydrogen) atoms. The van der Waals surface area contributed by atoms with E-state index in [2.05, 4.69) is 10.6 Å². The normalized spacial score (nSPS) is 16.9. The second kappa shape index (κ2) is 7.26. The Balaban J connectivity index is 2.36. The predicted molar refractivity (Wildman–Crippen MR) is 74.1 cm³/mol. The van der Waals surface area contributed by atoms with Crippen LogP contribution in [0, 0.1) is 5.92 Å². The summed E-state index contributed by atoms with van der Waals surface area (Å²) in [5.74, 6) is -1.17. The van der Waals surface area contributed by atoms with E-state index in [-0.39, 0.29) is 12.5 Å². The molecule has 2 amide bonds. The van der Waals surface area contributed by atoms with Crippen LogP contribution in [-0.2, 0) is 14.4 Å². The highest BCUT2D eigenvalue weighted by Crippen LogP contribution is 2.29. The Bertz CT molecular complexity index is 373. The summed E-state index contributed by atoms with van der Waals surface area (Å²) in [6.45, 7) is 3.89. The molecule has 0 unspecified atom stereocenters. The summed E-state index contributed by atoms with van der Waals surface area (Å²) in [6, 6.07) is 0. The van der Waals surface area contributed by atoms with Crippen LogP contribution in [0.5, 0.6) is 0 Å². The van der Waals surface area contributed by atoms with Crippen molar-refractivity contribution in [2.45, 2.75) is 57.9 Å². The lowest BCUT2D eigenvalue weighted by atomic mass is 9.98. The summed E-state index contributed by atoms with van der Waals surface area (Å²) >= 11 is 0. The van der Waals surface area contributed by atoms with Gasteiger partial charge in [-0.25, -0.2) is 4.79 Å². The predicted octanol–water partition coefficient (Wildman–Crippen LogP) is 1.05. The second-order valence-corrected chi connectivity index (χ2v) is 5.85. The van der Waals surface area contributed by atoms with E-state index in [1.807, 2.05) is 13.8 Å². The largest absolute Gasteiger partial charge is 0.480 e. The molecule has 6 heteroatoms. The zero-order valence-corrected chi connectivity index (χ0v) is 12.2. The molecule has 1 aliphatic carbocycles. The summed E-state index contributed by atoms with van der Waals surface area (Å²) in [4.78, 5) is 34.5. The molecule has 1 aliphatic rings. The Morgan fingerprint density at radius 3 is 2.25 bits per heavy atom. The maximum Gasteiger partial charge on any atom is 0.329 e. The molecular weight excluding hydrogens is 260 g/mol. The highest BCUT2D eigenvalue weighted by molar-refractivity contribution is 5.90. The van der Waals surface area contributed by atoms with E-state index in [9.17, 15) is 19.5 Å². The van der Waals surface area contributed by atoms with Gasteiger partial charge in [-0.2, -0.15) is 0 Å². The van der Waals surface area contributed by atoms with Crippen LogP contribution in [0.3, 0.4) is 0 Å². The smallest absolute Gasteiger partial charge is 0.329 e. The number of hydrogen-bond donors (Lipinski definition) is 3. The first-order chi connectivity index (χ1) is 9.35. The Hall–Kier alpha value is -1.59. The fourth-order valence-electron chi connectivity index (χ4n) is 2.37. The fraction of sp³-hybridized carbons (Fsp3) is 0.786. The van der Waals surface area contributed by atoms with Gasteiger partial charge in [0.05, 0.1) is 6.54 Å². The van der Waals surface area contributed by atoms with Crippen molar-refractivity contribution in [2.24, 2.45) is 5.92 Å². The van der Waals surface area contributed by atoms with Gasteiger partial charge in [0, 0.05) is 6.42 Å². The third kappa shape index (κ3) is 4.83. The van der Waals surface area contributed by atoms with E-state index >= 15 is 0 Å². The van der Waals surface area contributed by atoms with Crippen molar-refractivity contribution in [3.63, 3.8) is 0 Å². The van der Waals surface area contributed by atoms with E-state index in [1.165, 1.54) is 0 Å². The average Bonchev–Trinajstić information content (AvgIpc) is 2.83. The fourth-order valence-corrected chi connectivity index (χ4v) is 2.37. The summed E-state index contributed by atoms with van der Waals surface area (Å²) in [5, 5.41) is 14.3. The van der Waals surface area contributed by atoms with Gasteiger partial charge >= 0.3 is 5.97 Å². The first kappa shape index (κ1) is 16.5. The molecule has 6 nitrogen and oxygen atoms in total. The van der Waals surface area contributed by atoms with Gasteiger partial charge < -0.3 is 15.7 Å². The first-order valence-electron chi connectivity index (χ1n) is 7.17. The van der Waals surface area contributed by atoms with Gasteiger partial charge in [-0.05, 0) is 25.2 Å². The minimum atomic E-state index is -1.14. The maximum atomic E-state index is 11.8. The molecule has 0 heterocycles. The molecule has 0 aromatic rings. The number of rotatable bonds is 7. The van der Waals surface area contributed by atoms with Crippen LogP contribution in [0.4, 0.5) is 0 Å². The van der Waals surface area contributed by atoms with E-state index in [4.69, 9.17) is 0 Å². The van der Waals surface area contributed by atoms with Crippen LogP contribution in [0.25, 0.3) is 0 Å². The van der Waals surface area contributed by atoms with Crippen molar-refractivity contribution < 1.29 is 19.5 Å². The monoisotopic (exact) mass is 284 g/mol.